The number of aromatic amines is 1. The summed E-state index contributed by atoms with van der Waals surface area (Å²) >= 11 is 0. The summed E-state index contributed by atoms with van der Waals surface area (Å²) < 4.78 is 26.2. The van der Waals surface area contributed by atoms with Gasteiger partial charge in [-0.15, -0.1) is 0 Å². The topological polar surface area (TPSA) is 99.3 Å². The van der Waals surface area contributed by atoms with Crippen LogP contribution in [0.2, 0.25) is 0 Å². The van der Waals surface area contributed by atoms with Gasteiger partial charge in [0.05, 0.1) is 22.6 Å². The second kappa shape index (κ2) is 10.0. The van der Waals surface area contributed by atoms with Gasteiger partial charge in [0.2, 0.25) is 5.91 Å². The summed E-state index contributed by atoms with van der Waals surface area (Å²) in [6.45, 7) is 5.50. The Morgan fingerprint density at radius 3 is 2.49 bits per heavy atom. The number of carbonyl (C=O) groups excluding carboxylic acids is 2. The number of piperidine rings is 1. The van der Waals surface area contributed by atoms with Crippen molar-refractivity contribution in [2.24, 2.45) is 0 Å². The van der Waals surface area contributed by atoms with Crippen LogP contribution in [0.3, 0.4) is 0 Å². The summed E-state index contributed by atoms with van der Waals surface area (Å²) in [5, 5.41) is 2.84. The van der Waals surface area contributed by atoms with Crippen LogP contribution in [0.4, 0.5) is 5.69 Å². The standard InChI is InChI=1S/C29H31N3O4S/c1-19-23(17-28(33)32-13-7-4-8-14-32)20(2)30-27(19)16-25-24-15-22(11-12-26(24)31-29(25)34)37(35,36)18-21-9-5-3-6-10-21/h3,5-6,9-12,15-16,30H,4,7-8,13-14,17-18H2,1-2H3,(H,31,34)/b25-16-. The van der Waals surface area contributed by atoms with Crippen LogP contribution in [-0.4, -0.2) is 43.2 Å². The molecular weight excluding hydrogens is 486 g/mol. The molecule has 0 bridgehead atoms. The Balaban J connectivity index is 1.44. The molecule has 3 aromatic rings. The second-order valence-corrected chi connectivity index (χ2v) is 11.8. The number of likely N-dealkylation sites (tertiary alicyclic amines) is 1. The van der Waals surface area contributed by atoms with Crippen LogP contribution in [0.25, 0.3) is 11.6 Å². The summed E-state index contributed by atoms with van der Waals surface area (Å²) in [5.74, 6) is -0.275. The molecule has 2 N–H and O–H groups in total. The largest absolute Gasteiger partial charge is 0.359 e. The van der Waals surface area contributed by atoms with E-state index in [9.17, 15) is 18.0 Å². The molecule has 1 saturated heterocycles. The maximum atomic E-state index is 13.1. The van der Waals surface area contributed by atoms with E-state index in [1.807, 2.05) is 36.9 Å². The van der Waals surface area contributed by atoms with Crippen LogP contribution in [-0.2, 0) is 31.6 Å². The highest BCUT2D eigenvalue weighted by Crippen LogP contribution is 2.36. The number of hydrogen-bond donors (Lipinski definition) is 2. The molecule has 192 valence electrons. The first kappa shape index (κ1) is 25.0. The predicted octanol–water partition coefficient (Wildman–Crippen LogP) is 4.65. The number of H-pyrrole nitrogens is 1. The van der Waals surface area contributed by atoms with E-state index in [1.165, 1.54) is 12.5 Å². The maximum absolute atomic E-state index is 13.1. The number of carbonyl (C=O) groups is 2. The normalized spacial score (nSPS) is 16.6. The molecule has 1 aromatic heterocycles. The number of rotatable bonds is 6. The summed E-state index contributed by atoms with van der Waals surface area (Å²) in [7, 11) is -3.60. The highest BCUT2D eigenvalue weighted by atomic mass is 32.2. The molecule has 0 unspecified atom stereocenters. The van der Waals surface area contributed by atoms with E-state index in [-0.39, 0.29) is 22.5 Å². The molecule has 0 atom stereocenters. The Morgan fingerprint density at radius 1 is 1.03 bits per heavy atom. The van der Waals surface area contributed by atoms with Crippen LogP contribution in [0.15, 0.2) is 53.4 Å². The molecule has 2 amide bonds. The van der Waals surface area contributed by atoms with Crippen molar-refractivity contribution in [1.29, 1.82) is 0 Å². The first-order valence-corrected chi connectivity index (χ1v) is 14.3. The van der Waals surface area contributed by atoms with Gasteiger partial charge in [0.1, 0.15) is 0 Å². The van der Waals surface area contributed by atoms with Crippen molar-refractivity contribution in [2.45, 2.75) is 50.2 Å². The second-order valence-electron chi connectivity index (χ2n) is 9.85. The van der Waals surface area contributed by atoms with Crippen molar-refractivity contribution in [3.05, 3.63) is 82.2 Å². The lowest BCUT2D eigenvalue weighted by atomic mass is 10.0. The van der Waals surface area contributed by atoms with E-state index in [1.54, 1.807) is 30.3 Å². The Labute approximate surface area is 217 Å². The number of fused-ring (bicyclic) bond motifs is 1. The van der Waals surface area contributed by atoms with Crippen molar-refractivity contribution in [1.82, 2.24) is 9.88 Å². The number of nitrogens with one attached hydrogen (secondary N) is 2. The molecule has 0 radical (unpaired) electrons. The van der Waals surface area contributed by atoms with Crippen LogP contribution < -0.4 is 5.32 Å². The average molecular weight is 518 g/mol. The first-order valence-electron chi connectivity index (χ1n) is 12.6. The van der Waals surface area contributed by atoms with Gasteiger partial charge in [-0.2, -0.15) is 0 Å². The molecular formula is C29H31N3O4S. The number of nitrogens with zero attached hydrogens (tertiary/aromatic N) is 1. The summed E-state index contributed by atoms with van der Waals surface area (Å²) in [6.07, 6.45) is 5.34. The van der Waals surface area contributed by atoms with E-state index < -0.39 is 9.84 Å². The molecule has 2 aromatic carbocycles. The van der Waals surface area contributed by atoms with Crippen molar-refractivity contribution < 1.29 is 18.0 Å². The van der Waals surface area contributed by atoms with Gasteiger partial charge in [-0.1, -0.05) is 30.3 Å². The van der Waals surface area contributed by atoms with Crippen molar-refractivity contribution >= 4 is 39.0 Å². The maximum Gasteiger partial charge on any atom is 0.256 e. The van der Waals surface area contributed by atoms with E-state index in [0.717, 1.165) is 48.4 Å². The molecule has 8 heteroatoms. The van der Waals surface area contributed by atoms with Crippen LogP contribution in [0.5, 0.6) is 0 Å². The Hall–Kier alpha value is -3.65. The highest BCUT2D eigenvalue weighted by Gasteiger charge is 2.28. The predicted molar refractivity (Wildman–Crippen MR) is 145 cm³/mol. The number of sulfone groups is 1. The van der Waals surface area contributed by atoms with Gasteiger partial charge in [0.15, 0.2) is 9.84 Å². The van der Waals surface area contributed by atoms with E-state index in [4.69, 9.17) is 0 Å². The minimum atomic E-state index is -3.60. The Bertz CT molecular complexity index is 1500. The molecule has 0 aliphatic carbocycles. The number of amides is 2. The average Bonchev–Trinajstić information content (AvgIpc) is 3.34. The molecule has 0 spiro atoms. The monoisotopic (exact) mass is 517 g/mol. The molecule has 5 rings (SSSR count). The molecule has 37 heavy (non-hydrogen) atoms. The smallest absolute Gasteiger partial charge is 0.256 e. The van der Waals surface area contributed by atoms with Crippen LogP contribution in [0.1, 0.15) is 52.9 Å². The van der Waals surface area contributed by atoms with Gasteiger partial charge < -0.3 is 15.2 Å². The molecule has 0 saturated carbocycles. The number of anilines is 1. The number of hydrogen-bond acceptors (Lipinski definition) is 4. The fourth-order valence-corrected chi connectivity index (χ4v) is 6.53. The summed E-state index contributed by atoms with van der Waals surface area (Å²) in [4.78, 5) is 31.2. The highest BCUT2D eigenvalue weighted by molar-refractivity contribution is 7.90. The van der Waals surface area contributed by atoms with Crippen molar-refractivity contribution in [3.8, 4) is 0 Å². The quantitative estimate of drug-likeness (QED) is 0.465. The van der Waals surface area contributed by atoms with Crippen molar-refractivity contribution in [2.75, 3.05) is 18.4 Å². The van der Waals surface area contributed by atoms with Gasteiger partial charge in [-0.3, -0.25) is 9.59 Å². The molecule has 7 nitrogen and oxygen atoms in total. The number of aryl methyl sites for hydroxylation is 1. The fraction of sp³-hybridized carbons (Fsp3) is 0.310. The summed E-state index contributed by atoms with van der Waals surface area (Å²) in [5.41, 5.74) is 5.74. The Morgan fingerprint density at radius 2 is 1.76 bits per heavy atom. The number of aromatic nitrogens is 1. The van der Waals surface area contributed by atoms with Crippen molar-refractivity contribution in [3.63, 3.8) is 0 Å². The van der Waals surface area contributed by atoms with Gasteiger partial charge in [-0.25, -0.2) is 8.42 Å². The van der Waals surface area contributed by atoms with Gasteiger partial charge in [-0.05, 0) is 74.1 Å². The number of benzene rings is 2. The van der Waals surface area contributed by atoms with E-state index >= 15 is 0 Å². The minimum Gasteiger partial charge on any atom is -0.359 e. The SMILES string of the molecule is Cc1[nH]c(/C=C2\C(=O)Nc3ccc(S(=O)(=O)Cc4ccccc4)cc32)c(C)c1CC(=O)N1CCCCC1. The molecule has 1 fully saturated rings. The lowest BCUT2D eigenvalue weighted by Crippen LogP contribution is -2.36. The molecule has 2 aliphatic rings. The third-order valence-electron chi connectivity index (χ3n) is 7.29. The zero-order valence-corrected chi connectivity index (χ0v) is 22.0. The van der Waals surface area contributed by atoms with Gasteiger partial charge >= 0.3 is 0 Å². The third kappa shape index (κ3) is 5.11. The van der Waals surface area contributed by atoms with Crippen LogP contribution >= 0.6 is 0 Å². The lowest BCUT2D eigenvalue weighted by molar-refractivity contribution is -0.131. The molecule has 3 heterocycles. The van der Waals surface area contributed by atoms with Gasteiger partial charge in [0, 0.05) is 35.7 Å². The summed E-state index contributed by atoms with van der Waals surface area (Å²) in [6, 6.07) is 13.8. The minimum absolute atomic E-state index is 0.115. The zero-order valence-electron chi connectivity index (χ0n) is 21.1. The third-order valence-corrected chi connectivity index (χ3v) is 8.98. The first-order chi connectivity index (χ1) is 17.7. The van der Waals surface area contributed by atoms with E-state index in [0.29, 0.717) is 28.8 Å². The fourth-order valence-electron chi connectivity index (χ4n) is 5.16. The lowest BCUT2D eigenvalue weighted by Gasteiger charge is -2.26. The Kier molecular flexibility index (Phi) is 6.77. The van der Waals surface area contributed by atoms with Gasteiger partial charge in [0.25, 0.3) is 5.91 Å². The van der Waals surface area contributed by atoms with E-state index in [2.05, 4.69) is 10.3 Å². The molecule has 2 aliphatic heterocycles. The zero-order chi connectivity index (χ0) is 26.2. The van der Waals surface area contributed by atoms with Crippen LogP contribution in [0, 0.1) is 13.8 Å².